The van der Waals surface area contributed by atoms with Crippen molar-refractivity contribution in [3.63, 3.8) is 0 Å². The van der Waals surface area contributed by atoms with Crippen molar-refractivity contribution in [2.45, 2.75) is 56.3 Å². The minimum Gasteiger partial charge on any atom is -0.497 e. The average Bonchev–Trinajstić information content (AvgIpc) is 3.07. The smallest absolute Gasteiger partial charge is 0.324 e. The van der Waals surface area contributed by atoms with Gasteiger partial charge >= 0.3 is 5.97 Å². The molecule has 10 nitrogen and oxygen atoms in total. The van der Waals surface area contributed by atoms with E-state index in [1.54, 1.807) is 45.4 Å². The summed E-state index contributed by atoms with van der Waals surface area (Å²) in [6, 6.07) is 19.3. The molecule has 248 valence electrons. The third-order valence-electron chi connectivity index (χ3n) is 8.59. The van der Waals surface area contributed by atoms with Gasteiger partial charge in [0.15, 0.2) is 0 Å². The number of esters is 1. The van der Waals surface area contributed by atoms with Crippen LogP contribution in [-0.4, -0.2) is 84.5 Å². The van der Waals surface area contributed by atoms with Crippen LogP contribution in [0.2, 0.25) is 0 Å². The van der Waals surface area contributed by atoms with E-state index in [9.17, 15) is 13.2 Å². The highest BCUT2D eigenvalue weighted by Crippen LogP contribution is 2.39. The van der Waals surface area contributed by atoms with E-state index >= 15 is 0 Å². The second-order valence-electron chi connectivity index (χ2n) is 11.6. The Kier molecular flexibility index (Phi) is 11.2. The van der Waals surface area contributed by atoms with Gasteiger partial charge in [0, 0.05) is 32.7 Å². The lowest BCUT2D eigenvalue weighted by Crippen LogP contribution is -2.55. The average molecular weight is 653 g/mol. The number of hydrogen-bond donors (Lipinski definition) is 0. The highest BCUT2D eigenvalue weighted by molar-refractivity contribution is 7.89. The quantitative estimate of drug-likeness (QED) is 0.188. The third-order valence-corrected chi connectivity index (χ3v) is 10.5. The van der Waals surface area contributed by atoms with E-state index in [4.69, 9.17) is 23.7 Å². The summed E-state index contributed by atoms with van der Waals surface area (Å²) in [5.41, 5.74) is 3.81. The minimum absolute atomic E-state index is 0.0203. The molecule has 11 heteroatoms. The SMILES string of the molecule is CCOC(=O)[C@@H]1C[C@H](c2ccc(OC)cc2)[C@@H](OCc2ccc3c(c2)N(CCCOC)CCO3)CN1S(=O)(=O)c1ccc(C)cc1. The molecule has 0 aromatic heterocycles. The van der Waals surface area contributed by atoms with Gasteiger partial charge in [-0.25, -0.2) is 8.42 Å². The molecule has 1 saturated heterocycles. The van der Waals surface area contributed by atoms with Crippen LogP contribution in [0.1, 0.15) is 42.4 Å². The number of sulfonamides is 1. The summed E-state index contributed by atoms with van der Waals surface area (Å²) < 4.78 is 58.0. The maximum atomic E-state index is 14.1. The summed E-state index contributed by atoms with van der Waals surface area (Å²) >= 11 is 0. The molecular formula is C35H44N2O8S. The molecule has 3 atom stereocenters. The Morgan fingerprint density at radius 3 is 2.48 bits per heavy atom. The van der Waals surface area contributed by atoms with Crippen LogP contribution >= 0.6 is 0 Å². The largest absolute Gasteiger partial charge is 0.497 e. The molecule has 1 fully saturated rings. The maximum absolute atomic E-state index is 14.1. The fraction of sp³-hybridized carbons (Fsp3) is 0.457. The van der Waals surface area contributed by atoms with E-state index in [-0.39, 0.29) is 37.0 Å². The van der Waals surface area contributed by atoms with Crippen LogP contribution in [0.5, 0.6) is 11.5 Å². The second kappa shape index (κ2) is 15.3. The monoisotopic (exact) mass is 652 g/mol. The highest BCUT2D eigenvalue weighted by atomic mass is 32.2. The third kappa shape index (κ3) is 7.66. The Balaban J connectivity index is 1.46. The second-order valence-corrected chi connectivity index (χ2v) is 13.5. The first-order chi connectivity index (χ1) is 22.2. The summed E-state index contributed by atoms with van der Waals surface area (Å²) in [4.78, 5) is 15.8. The van der Waals surface area contributed by atoms with E-state index in [1.807, 2.05) is 43.3 Å². The van der Waals surface area contributed by atoms with Crippen LogP contribution in [-0.2, 0) is 35.6 Å². The van der Waals surface area contributed by atoms with E-state index in [0.29, 0.717) is 19.0 Å². The van der Waals surface area contributed by atoms with Crippen LogP contribution in [0, 0.1) is 6.92 Å². The summed E-state index contributed by atoms with van der Waals surface area (Å²) in [6.07, 6.45) is 0.547. The number of aryl methyl sites for hydroxylation is 1. The number of anilines is 1. The van der Waals surface area contributed by atoms with E-state index in [1.165, 1.54) is 4.31 Å². The predicted octanol–water partition coefficient (Wildman–Crippen LogP) is 4.93. The topological polar surface area (TPSA) is 104 Å². The number of hydrogen-bond acceptors (Lipinski definition) is 9. The van der Waals surface area contributed by atoms with E-state index < -0.39 is 28.1 Å². The van der Waals surface area contributed by atoms with Gasteiger partial charge < -0.3 is 28.6 Å². The van der Waals surface area contributed by atoms with Gasteiger partial charge in [-0.3, -0.25) is 4.79 Å². The van der Waals surface area contributed by atoms with Crippen molar-refractivity contribution in [1.82, 2.24) is 4.31 Å². The molecule has 0 N–H and O–H groups in total. The Hall–Kier alpha value is -3.64. The fourth-order valence-corrected chi connectivity index (χ4v) is 7.72. The predicted molar refractivity (Wildman–Crippen MR) is 175 cm³/mol. The normalized spacial score (nSPS) is 20.1. The van der Waals surface area contributed by atoms with Crippen LogP contribution in [0.15, 0.2) is 71.6 Å². The van der Waals surface area contributed by atoms with E-state index in [2.05, 4.69) is 11.0 Å². The number of rotatable bonds is 13. The molecule has 0 unspecified atom stereocenters. The van der Waals surface area contributed by atoms with Gasteiger partial charge in [0.1, 0.15) is 24.1 Å². The number of carbonyl (C=O) groups excluding carboxylic acids is 1. The molecular weight excluding hydrogens is 608 g/mol. The highest BCUT2D eigenvalue weighted by Gasteiger charge is 2.46. The number of benzene rings is 3. The Morgan fingerprint density at radius 1 is 1.02 bits per heavy atom. The molecule has 0 saturated carbocycles. The lowest BCUT2D eigenvalue weighted by Gasteiger charge is -2.42. The molecule has 0 radical (unpaired) electrons. The molecule has 46 heavy (non-hydrogen) atoms. The maximum Gasteiger partial charge on any atom is 0.324 e. The lowest BCUT2D eigenvalue weighted by molar-refractivity contribution is -0.150. The summed E-state index contributed by atoms with van der Waals surface area (Å²) in [5.74, 6) is 0.678. The molecule has 2 aliphatic heterocycles. The minimum atomic E-state index is -4.05. The fourth-order valence-electron chi connectivity index (χ4n) is 6.12. The van der Waals surface area contributed by atoms with Crippen LogP contribution in [0.25, 0.3) is 0 Å². The molecule has 3 aromatic carbocycles. The van der Waals surface area contributed by atoms with Crippen LogP contribution in [0.4, 0.5) is 5.69 Å². The van der Waals surface area contributed by atoms with Crippen molar-refractivity contribution in [2.75, 3.05) is 58.6 Å². The summed E-state index contributed by atoms with van der Waals surface area (Å²) in [5, 5.41) is 0. The van der Waals surface area contributed by atoms with Gasteiger partial charge in [0.05, 0.1) is 43.6 Å². The summed E-state index contributed by atoms with van der Waals surface area (Å²) in [7, 11) is -0.746. The van der Waals surface area contributed by atoms with Gasteiger partial charge in [-0.15, -0.1) is 0 Å². The first-order valence-corrected chi connectivity index (χ1v) is 17.2. The molecule has 2 aliphatic rings. The van der Waals surface area contributed by atoms with Crippen molar-refractivity contribution >= 4 is 21.7 Å². The molecule has 5 rings (SSSR count). The standard InChI is InChI=1S/C35H44N2O8S/c1-5-43-35(38)32-22-30(27-10-12-28(42-4)13-11-27)34(23-37(32)46(39,40)29-14-7-25(2)8-15-29)45-24-26-9-16-33-31(21-26)36(18-20-44-33)17-6-19-41-3/h7-16,21,30,32,34H,5-6,17-20,22-24H2,1-4H3/t30-,32+,34+/m1/s1. The van der Waals surface area contributed by atoms with E-state index in [0.717, 1.165) is 47.6 Å². The van der Waals surface area contributed by atoms with Gasteiger partial charge in [-0.1, -0.05) is 35.9 Å². The first-order valence-electron chi connectivity index (χ1n) is 15.8. The number of methoxy groups -OCH3 is 2. The van der Waals surface area contributed by atoms with Gasteiger partial charge in [0.2, 0.25) is 10.0 Å². The van der Waals surface area contributed by atoms with Gasteiger partial charge in [-0.05, 0) is 74.2 Å². The lowest BCUT2D eigenvalue weighted by atomic mass is 9.84. The summed E-state index contributed by atoms with van der Waals surface area (Å²) in [6.45, 7) is 6.91. The zero-order valence-electron chi connectivity index (χ0n) is 27.0. The van der Waals surface area contributed by atoms with Crippen molar-refractivity contribution in [3.8, 4) is 11.5 Å². The van der Waals surface area contributed by atoms with Crippen molar-refractivity contribution in [1.29, 1.82) is 0 Å². The molecule has 0 aliphatic carbocycles. The first kappa shape index (κ1) is 33.7. The van der Waals surface area contributed by atoms with Gasteiger partial charge in [-0.2, -0.15) is 4.31 Å². The number of nitrogens with zero attached hydrogens (tertiary/aromatic N) is 2. The molecule has 0 amide bonds. The number of piperidine rings is 1. The van der Waals surface area contributed by atoms with Crippen LogP contribution in [0.3, 0.4) is 0 Å². The molecule has 3 aromatic rings. The number of fused-ring (bicyclic) bond motifs is 1. The Labute approximate surface area is 272 Å². The van der Waals surface area contributed by atoms with Crippen LogP contribution < -0.4 is 14.4 Å². The van der Waals surface area contributed by atoms with Gasteiger partial charge in [0.25, 0.3) is 0 Å². The molecule has 2 heterocycles. The van der Waals surface area contributed by atoms with Crippen molar-refractivity contribution < 1.29 is 36.9 Å². The molecule has 0 bridgehead atoms. The molecule has 0 spiro atoms. The zero-order chi connectivity index (χ0) is 32.7. The van der Waals surface area contributed by atoms with Crippen molar-refractivity contribution in [2.24, 2.45) is 0 Å². The Morgan fingerprint density at radius 2 is 1.78 bits per heavy atom. The Bertz CT molecular complexity index is 1560. The van der Waals surface area contributed by atoms with Crippen molar-refractivity contribution in [3.05, 3.63) is 83.4 Å². The zero-order valence-corrected chi connectivity index (χ0v) is 27.8. The number of ether oxygens (including phenoxy) is 5. The number of carbonyl (C=O) groups is 1.